The van der Waals surface area contributed by atoms with Crippen molar-refractivity contribution in [2.75, 3.05) is 31.1 Å². The van der Waals surface area contributed by atoms with Gasteiger partial charge in [-0.1, -0.05) is 13.0 Å². The summed E-state index contributed by atoms with van der Waals surface area (Å²) < 4.78 is 29.1. The zero-order valence-electron chi connectivity index (χ0n) is 27.3. The van der Waals surface area contributed by atoms with Gasteiger partial charge in [0.05, 0.1) is 37.5 Å². The molecule has 0 aliphatic carbocycles. The molecule has 2 aliphatic rings. The normalized spacial score (nSPS) is 18.0. The fraction of sp³-hybridized carbons (Fsp3) is 0.278. The summed E-state index contributed by atoms with van der Waals surface area (Å²) in [5, 5.41) is 5.90. The maximum absolute atomic E-state index is 14.9. The molecule has 2 aromatic carbocycles. The Morgan fingerprint density at radius 1 is 1.04 bits per heavy atom. The van der Waals surface area contributed by atoms with Gasteiger partial charge in [-0.25, -0.2) is 19.3 Å². The topological polar surface area (TPSA) is 143 Å². The smallest absolute Gasteiger partial charge is 0.254 e. The molecular formula is C36H35FN8O5. The number of ether oxygens (including phenoxy) is 2. The first-order valence-electron chi connectivity index (χ1n) is 16.4. The molecule has 4 bridgehead atoms. The molecule has 2 N–H and O–H groups in total. The van der Waals surface area contributed by atoms with Gasteiger partial charge in [0.2, 0.25) is 11.9 Å². The number of amides is 3. The van der Waals surface area contributed by atoms with Crippen molar-refractivity contribution in [3.8, 4) is 11.5 Å². The summed E-state index contributed by atoms with van der Waals surface area (Å²) in [6.07, 6.45) is 7.06. The van der Waals surface area contributed by atoms with Gasteiger partial charge in [0.15, 0.2) is 0 Å². The predicted octanol–water partition coefficient (Wildman–Crippen LogP) is 3.74. The number of hydrogen-bond donors (Lipinski definition) is 2. The first kappa shape index (κ1) is 32.6. The van der Waals surface area contributed by atoms with Crippen LogP contribution in [0.1, 0.15) is 45.3 Å². The van der Waals surface area contributed by atoms with E-state index >= 15 is 0 Å². The first-order chi connectivity index (χ1) is 24.3. The maximum atomic E-state index is 14.9. The number of halogens is 1. The molecule has 2 aliphatic heterocycles. The third kappa shape index (κ3) is 7.39. The minimum Gasteiger partial charge on any atom is -0.457 e. The summed E-state index contributed by atoms with van der Waals surface area (Å²) in [5.74, 6) is -1.06. The van der Waals surface area contributed by atoms with Crippen LogP contribution < -0.4 is 20.3 Å². The van der Waals surface area contributed by atoms with Gasteiger partial charge in [0.1, 0.15) is 23.0 Å². The van der Waals surface area contributed by atoms with Gasteiger partial charge in [-0.15, -0.1) is 0 Å². The molecule has 3 aromatic heterocycles. The molecule has 0 radical (unpaired) electrons. The Hall–Kier alpha value is -5.89. The number of benzene rings is 2. The number of aromatic nitrogens is 4. The van der Waals surface area contributed by atoms with Crippen molar-refractivity contribution < 1.29 is 28.2 Å². The van der Waals surface area contributed by atoms with E-state index in [2.05, 4.69) is 25.6 Å². The van der Waals surface area contributed by atoms with E-state index in [1.807, 2.05) is 46.8 Å². The SMILES string of the molecule is CCCN1CC(=O)N[C@@H]2CN(c3ncccn3)C[C@H]2OCc2cc(F)cc(c2)Oc2cc(C(=O)NCc3cn4ccccc4n3)cc(c2)C1=O. The number of rotatable bonds is 6. The summed E-state index contributed by atoms with van der Waals surface area (Å²) in [5.41, 5.74) is 2.17. The average Bonchev–Trinajstić information content (AvgIpc) is 3.72. The van der Waals surface area contributed by atoms with E-state index in [4.69, 9.17) is 9.47 Å². The number of anilines is 1. The second kappa shape index (κ2) is 14.3. The van der Waals surface area contributed by atoms with Crippen LogP contribution in [0, 0.1) is 5.82 Å². The van der Waals surface area contributed by atoms with E-state index in [1.165, 1.54) is 35.2 Å². The quantitative estimate of drug-likeness (QED) is 0.275. The van der Waals surface area contributed by atoms with Crippen LogP contribution in [0.2, 0.25) is 0 Å². The van der Waals surface area contributed by atoms with Crippen molar-refractivity contribution in [3.63, 3.8) is 0 Å². The Kier molecular flexibility index (Phi) is 9.34. The van der Waals surface area contributed by atoms with Gasteiger partial charge in [-0.3, -0.25) is 14.4 Å². The largest absolute Gasteiger partial charge is 0.457 e. The van der Waals surface area contributed by atoms with E-state index < -0.39 is 29.8 Å². The number of carbonyl (C=O) groups is 3. The third-order valence-corrected chi connectivity index (χ3v) is 8.45. The molecule has 2 atom stereocenters. The Bertz CT molecular complexity index is 2010. The number of hydrogen-bond acceptors (Lipinski definition) is 9. The van der Waals surface area contributed by atoms with Gasteiger partial charge in [-0.05, 0) is 60.5 Å². The molecule has 1 fully saturated rings. The van der Waals surface area contributed by atoms with Crippen LogP contribution in [0.15, 0.2) is 85.5 Å². The van der Waals surface area contributed by atoms with Crippen molar-refractivity contribution in [1.29, 1.82) is 0 Å². The highest BCUT2D eigenvalue weighted by Crippen LogP contribution is 2.28. The summed E-state index contributed by atoms with van der Waals surface area (Å²) in [6.45, 7) is 2.90. The van der Waals surface area contributed by atoms with Crippen molar-refractivity contribution in [3.05, 3.63) is 114 Å². The molecular weight excluding hydrogens is 643 g/mol. The van der Waals surface area contributed by atoms with Gasteiger partial charge in [0.25, 0.3) is 11.8 Å². The molecule has 1 saturated heterocycles. The number of nitrogens with one attached hydrogen (secondary N) is 2. The molecule has 0 saturated carbocycles. The minimum atomic E-state index is -0.551. The summed E-state index contributed by atoms with van der Waals surface area (Å²) in [4.78, 5) is 57.6. The van der Waals surface area contributed by atoms with Gasteiger partial charge >= 0.3 is 0 Å². The molecule has 7 rings (SSSR count). The summed E-state index contributed by atoms with van der Waals surface area (Å²) in [7, 11) is 0. The van der Waals surface area contributed by atoms with Crippen LogP contribution in [0.4, 0.5) is 10.3 Å². The molecule has 5 heterocycles. The van der Waals surface area contributed by atoms with E-state index in [9.17, 15) is 18.8 Å². The zero-order chi connectivity index (χ0) is 34.6. The number of nitrogens with zero attached hydrogens (tertiary/aromatic N) is 6. The first-order valence-corrected chi connectivity index (χ1v) is 16.4. The lowest BCUT2D eigenvalue weighted by molar-refractivity contribution is -0.123. The molecule has 0 spiro atoms. The molecule has 0 unspecified atom stereocenters. The summed E-state index contributed by atoms with van der Waals surface area (Å²) in [6, 6.07) is 15.5. The molecule has 5 aromatic rings. The Labute approximate surface area is 287 Å². The number of imidazole rings is 1. The highest BCUT2D eigenvalue weighted by Gasteiger charge is 2.36. The Balaban J connectivity index is 1.19. The van der Waals surface area contributed by atoms with Crippen molar-refractivity contribution in [1.82, 2.24) is 34.9 Å². The van der Waals surface area contributed by atoms with Crippen LogP contribution in [-0.4, -0.2) is 80.3 Å². The van der Waals surface area contributed by atoms with Crippen LogP contribution >= 0.6 is 0 Å². The Morgan fingerprint density at radius 3 is 2.70 bits per heavy atom. The third-order valence-electron chi connectivity index (χ3n) is 8.45. The number of fused-ring (bicyclic) bond motifs is 6. The molecule has 14 heteroatoms. The van der Waals surface area contributed by atoms with Crippen molar-refractivity contribution in [2.45, 2.75) is 38.6 Å². The molecule has 50 heavy (non-hydrogen) atoms. The zero-order valence-corrected chi connectivity index (χ0v) is 27.3. The van der Waals surface area contributed by atoms with E-state index in [0.29, 0.717) is 36.7 Å². The highest BCUT2D eigenvalue weighted by molar-refractivity contribution is 6.01. The number of pyridine rings is 1. The minimum absolute atomic E-state index is 0.0336. The monoisotopic (exact) mass is 678 g/mol. The van der Waals surface area contributed by atoms with Crippen LogP contribution in [0.5, 0.6) is 11.5 Å². The van der Waals surface area contributed by atoms with Gasteiger partial charge < -0.3 is 34.3 Å². The molecule has 13 nitrogen and oxygen atoms in total. The molecule has 3 amide bonds. The standard InChI is InChI=1S/C36H35FN8O5/c1-2-9-44-21-33(46)42-30-19-45(36-38-7-5-8-39-36)20-31(30)49-22-23-11-26(37)16-28(12-23)50-29-14-24(13-25(15-29)35(44)48)34(47)40-17-27-18-43-10-4-3-6-32(43)41-27/h3-8,10-16,18,30-31H,2,9,17,19-22H2,1H3,(H,40,47)(H,42,46)/t30-,31-/m1/s1. The van der Waals surface area contributed by atoms with E-state index in [0.717, 1.165) is 5.65 Å². The maximum Gasteiger partial charge on any atom is 0.254 e. The fourth-order valence-electron chi connectivity index (χ4n) is 6.19. The van der Waals surface area contributed by atoms with Crippen LogP contribution in [-0.2, 0) is 22.7 Å². The number of carbonyl (C=O) groups excluding carboxylic acids is 3. The van der Waals surface area contributed by atoms with Gasteiger partial charge in [-0.2, -0.15) is 0 Å². The van der Waals surface area contributed by atoms with E-state index in [-0.39, 0.29) is 54.8 Å². The van der Waals surface area contributed by atoms with Gasteiger partial charge in [0, 0.05) is 61.6 Å². The molecule has 256 valence electrons. The van der Waals surface area contributed by atoms with Crippen LogP contribution in [0.3, 0.4) is 0 Å². The predicted molar refractivity (Wildman–Crippen MR) is 180 cm³/mol. The second-order valence-electron chi connectivity index (χ2n) is 12.2. The average molecular weight is 679 g/mol. The lowest BCUT2D eigenvalue weighted by atomic mass is 10.1. The Morgan fingerprint density at radius 2 is 1.88 bits per heavy atom. The van der Waals surface area contributed by atoms with Crippen LogP contribution in [0.25, 0.3) is 5.65 Å². The lowest BCUT2D eigenvalue weighted by Crippen LogP contribution is -2.49. The van der Waals surface area contributed by atoms with Crippen molar-refractivity contribution in [2.24, 2.45) is 0 Å². The van der Waals surface area contributed by atoms with Crippen molar-refractivity contribution >= 4 is 29.3 Å². The summed E-state index contributed by atoms with van der Waals surface area (Å²) >= 11 is 0. The highest BCUT2D eigenvalue weighted by atomic mass is 19.1. The fourth-order valence-corrected chi connectivity index (χ4v) is 6.19. The second-order valence-corrected chi connectivity index (χ2v) is 12.2. The lowest BCUT2D eigenvalue weighted by Gasteiger charge is -2.25. The van der Waals surface area contributed by atoms with E-state index in [1.54, 1.807) is 24.5 Å².